The Hall–Kier alpha value is 0.0969. The van der Waals surface area contributed by atoms with Crippen molar-refractivity contribution in [3.8, 4) is 0 Å². The van der Waals surface area contributed by atoms with Crippen LogP contribution < -0.4 is 0 Å². The smallest absolute Gasteiger partial charge is 0.0844 e. The third-order valence-electron chi connectivity index (χ3n) is 3.59. The van der Waals surface area contributed by atoms with Gasteiger partial charge in [0.2, 0.25) is 0 Å². The molecule has 0 aromatic carbocycles. The van der Waals surface area contributed by atoms with Crippen LogP contribution in [0.2, 0.25) is 0 Å². The molecule has 1 aliphatic heterocycles. The van der Waals surface area contributed by atoms with Crippen molar-refractivity contribution in [1.82, 2.24) is 0 Å². The fraction of sp³-hybridized carbons (Fsp3) is 1.00. The maximum absolute atomic E-state index is 5.54. The molecule has 1 heterocycles. The Morgan fingerprint density at radius 3 is 2.75 bits per heavy atom. The summed E-state index contributed by atoms with van der Waals surface area (Å²) < 4.78 is 16.3. The lowest BCUT2D eigenvalue weighted by Gasteiger charge is -2.18. The van der Waals surface area contributed by atoms with Crippen LogP contribution in [0.15, 0.2) is 0 Å². The number of rotatable bonds is 8. The lowest BCUT2D eigenvalue weighted by Crippen LogP contribution is -2.14. The summed E-state index contributed by atoms with van der Waals surface area (Å²) in [5.41, 5.74) is 0. The summed E-state index contributed by atoms with van der Waals surface area (Å²) >= 11 is 0. The van der Waals surface area contributed by atoms with Gasteiger partial charge >= 0.3 is 0 Å². The van der Waals surface area contributed by atoms with Crippen molar-refractivity contribution in [2.24, 2.45) is 5.92 Å². The minimum atomic E-state index is 0.627. The van der Waals surface area contributed by atoms with Crippen LogP contribution in [0.1, 0.15) is 32.1 Å². The fourth-order valence-corrected chi connectivity index (χ4v) is 2.88. The number of hydrogen-bond acceptors (Lipinski definition) is 3. The van der Waals surface area contributed by atoms with Gasteiger partial charge in [-0.1, -0.05) is 0 Å². The van der Waals surface area contributed by atoms with Gasteiger partial charge in [0, 0.05) is 23.1 Å². The van der Waals surface area contributed by atoms with E-state index in [1.54, 1.807) is 0 Å². The van der Waals surface area contributed by atoms with Gasteiger partial charge in [-0.3, -0.25) is 0 Å². The lowest BCUT2D eigenvalue weighted by atomic mass is 9.86. The first-order chi connectivity index (χ1) is 7.90. The van der Waals surface area contributed by atoms with E-state index >= 15 is 0 Å². The second kappa shape index (κ2) is 6.74. The lowest BCUT2D eigenvalue weighted by molar-refractivity contribution is 0.0605. The first kappa shape index (κ1) is 12.6. The Bertz CT molecular complexity index is 201. The number of fused-ring (bicyclic) bond motifs is 1. The molecular weight excluding hydrogens is 220 g/mol. The highest BCUT2D eigenvalue weighted by Crippen LogP contribution is 2.40. The first-order valence-corrected chi connectivity index (χ1v) is 8.12. The summed E-state index contributed by atoms with van der Waals surface area (Å²) in [5, 5.41) is 0. The Labute approximate surface area is 101 Å². The van der Waals surface area contributed by atoms with Gasteiger partial charge in [0.25, 0.3) is 0 Å². The molecule has 94 valence electrons. The van der Waals surface area contributed by atoms with Crippen molar-refractivity contribution in [3.63, 3.8) is 0 Å². The van der Waals surface area contributed by atoms with E-state index in [-0.39, 0.29) is 0 Å². The Morgan fingerprint density at radius 2 is 1.94 bits per heavy atom. The topological polar surface area (TPSA) is 31.0 Å². The number of hydrogen-bond donors (Lipinski definition) is 0. The average molecular weight is 244 g/mol. The monoisotopic (exact) mass is 244 g/mol. The molecule has 0 amide bonds. The zero-order chi connectivity index (χ0) is 11.2. The maximum Gasteiger partial charge on any atom is 0.0844 e. The molecule has 3 atom stereocenters. The summed E-state index contributed by atoms with van der Waals surface area (Å²) in [5.74, 6) is 0.894. The van der Waals surface area contributed by atoms with Gasteiger partial charge in [0.05, 0.1) is 25.4 Å². The molecule has 1 aliphatic carbocycles. The largest absolute Gasteiger partial charge is 0.383 e. The minimum Gasteiger partial charge on any atom is -0.383 e. The molecule has 0 N–H and O–H groups in total. The van der Waals surface area contributed by atoms with Crippen LogP contribution in [0.4, 0.5) is 0 Å². The zero-order valence-electron chi connectivity index (χ0n) is 10.3. The first-order valence-electron chi connectivity index (χ1n) is 6.71. The molecule has 2 rings (SSSR count). The second-order valence-corrected chi connectivity index (χ2v) is 5.42. The Morgan fingerprint density at radius 1 is 1.06 bits per heavy atom. The van der Waals surface area contributed by atoms with E-state index in [9.17, 15) is 0 Å². The van der Waals surface area contributed by atoms with Gasteiger partial charge in [-0.05, 0) is 38.0 Å². The molecule has 1 saturated carbocycles. The van der Waals surface area contributed by atoms with Crippen molar-refractivity contribution in [2.75, 3.05) is 26.1 Å². The third-order valence-corrected chi connectivity index (χ3v) is 4.00. The third kappa shape index (κ3) is 4.16. The number of epoxide rings is 1. The molecule has 2 fully saturated rings. The second-order valence-electron chi connectivity index (χ2n) is 4.84. The molecular formula is C12H24O3Si. The molecule has 0 spiro atoms. The molecule has 3 unspecified atom stereocenters. The highest BCUT2D eigenvalue weighted by atomic mass is 28.1. The molecule has 0 radical (unpaired) electrons. The van der Waals surface area contributed by atoms with E-state index < -0.39 is 0 Å². The van der Waals surface area contributed by atoms with Crippen LogP contribution in [0.25, 0.3) is 0 Å². The number of ether oxygens (including phenoxy) is 3. The maximum atomic E-state index is 5.54. The summed E-state index contributed by atoms with van der Waals surface area (Å²) in [6.07, 6.45) is 8.66. The minimum absolute atomic E-state index is 0.627. The van der Waals surface area contributed by atoms with E-state index in [0.717, 1.165) is 42.2 Å². The predicted molar refractivity (Wildman–Crippen MR) is 66.8 cm³/mol. The highest BCUT2D eigenvalue weighted by Gasteiger charge is 2.43. The van der Waals surface area contributed by atoms with Crippen molar-refractivity contribution >= 4 is 10.2 Å². The summed E-state index contributed by atoms with van der Waals surface area (Å²) in [4.78, 5) is 0. The summed E-state index contributed by atoms with van der Waals surface area (Å²) in [7, 11) is 1.13. The van der Waals surface area contributed by atoms with E-state index in [2.05, 4.69) is 0 Å². The normalized spacial score (nSPS) is 32.6. The van der Waals surface area contributed by atoms with Gasteiger partial charge in [0.15, 0.2) is 0 Å². The summed E-state index contributed by atoms with van der Waals surface area (Å²) in [6, 6.07) is 0. The quantitative estimate of drug-likeness (QED) is 0.358. The van der Waals surface area contributed by atoms with E-state index in [1.165, 1.54) is 32.1 Å². The van der Waals surface area contributed by atoms with Crippen LogP contribution >= 0.6 is 0 Å². The van der Waals surface area contributed by atoms with E-state index in [1.807, 2.05) is 0 Å². The average Bonchev–Trinajstić information content (AvgIpc) is 3.06. The molecule has 4 heteroatoms. The summed E-state index contributed by atoms with van der Waals surface area (Å²) in [6.45, 7) is 2.43. The zero-order valence-corrected chi connectivity index (χ0v) is 12.3. The Balaban J connectivity index is 1.39. The van der Waals surface area contributed by atoms with Gasteiger partial charge in [-0.25, -0.2) is 0 Å². The van der Waals surface area contributed by atoms with Crippen LogP contribution in [-0.2, 0) is 14.2 Å². The molecule has 1 saturated heterocycles. The molecule has 0 aromatic rings. The molecule has 3 nitrogen and oxygen atoms in total. The Kier molecular flexibility index (Phi) is 5.29. The van der Waals surface area contributed by atoms with E-state index in [0.29, 0.717) is 12.2 Å². The van der Waals surface area contributed by atoms with Crippen molar-refractivity contribution in [3.05, 3.63) is 0 Å². The van der Waals surface area contributed by atoms with Crippen LogP contribution in [0, 0.1) is 5.92 Å². The van der Waals surface area contributed by atoms with Crippen LogP contribution in [0.3, 0.4) is 0 Å². The van der Waals surface area contributed by atoms with Gasteiger partial charge < -0.3 is 14.2 Å². The van der Waals surface area contributed by atoms with Crippen molar-refractivity contribution < 1.29 is 14.2 Å². The van der Waals surface area contributed by atoms with Gasteiger partial charge in [-0.2, -0.15) is 0 Å². The highest BCUT2D eigenvalue weighted by molar-refractivity contribution is 6.08. The van der Waals surface area contributed by atoms with Gasteiger partial charge in [-0.15, -0.1) is 0 Å². The van der Waals surface area contributed by atoms with Gasteiger partial charge in [0.1, 0.15) is 0 Å². The van der Waals surface area contributed by atoms with Crippen LogP contribution in [0.5, 0.6) is 0 Å². The van der Waals surface area contributed by atoms with Crippen molar-refractivity contribution in [2.45, 2.75) is 44.3 Å². The molecule has 2 aliphatic rings. The molecule has 0 bridgehead atoms. The molecule has 16 heavy (non-hydrogen) atoms. The molecule has 0 aromatic heterocycles. The van der Waals surface area contributed by atoms with Crippen LogP contribution in [-0.4, -0.2) is 48.5 Å². The SMILES string of the molecule is [SiH3]COCCOCCCC1CCC2OC2C1. The standard InChI is InChI=1S/C12H24O3Si/c16-9-14-7-6-13-5-1-2-10-3-4-11-12(8-10)15-11/h10-12H,1-9H2,16H3. The van der Waals surface area contributed by atoms with E-state index in [4.69, 9.17) is 14.2 Å². The predicted octanol–water partition coefficient (Wildman–Crippen LogP) is 0.690. The van der Waals surface area contributed by atoms with Crippen molar-refractivity contribution in [1.29, 1.82) is 0 Å². The fourth-order valence-electron chi connectivity index (χ4n) is 2.59.